The first-order valence-electron chi connectivity index (χ1n) is 4.00. The van der Waals surface area contributed by atoms with E-state index in [2.05, 4.69) is 11.3 Å². The van der Waals surface area contributed by atoms with Crippen LogP contribution in [0.2, 0.25) is 5.02 Å². The fraction of sp³-hybridized carbons (Fsp3) is 0.111. The van der Waals surface area contributed by atoms with Crippen molar-refractivity contribution >= 4 is 33.2 Å². The van der Waals surface area contributed by atoms with Gasteiger partial charge in [-0.05, 0) is 24.3 Å². The van der Waals surface area contributed by atoms with Gasteiger partial charge in [-0.2, -0.15) is 0 Å². The van der Waals surface area contributed by atoms with E-state index in [0.29, 0.717) is 5.02 Å². The Labute approximate surface area is 98.8 Å². The van der Waals surface area contributed by atoms with Gasteiger partial charge in [0.1, 0.15) is 0 Å². The lowest BCUT2D eigenvalue weighted by Gasteiger charge is -2.05. The van der Waals surface area contributed by atoms with Crippen molar-refractivity contribution in [2.45, 2.75) is 4.90 Å². The largest absolute Gasteiger partial charge is 0.240 e. The van der Waals surface area contributed by atoms with Crippen LogP contribution in [0.5, 0.6) is 0 Å². The van der Waals surface area contributed by atoms with Crippen LogP contribution in [0.15, 0.2) is 40.8 Å². The quantitative estimate of drug-likeness (QED) is 0.909. The minimum Gasteiger partial charge on any atom is -0.207 e. The molecule has 0 radical (unpaired) electrons. The van der Waals surface area contributed by atoms with Crippen molar-refractivity contribution in [2.24, 2.45) is 0 Å². The third-order valence-corrected chi connectivity index (χ3v) is 3.38. The summed E-state index contributed by atoms with van der Waals surface area (Å²) in [4.78, 5) is 0.143. The molecule has 0 aromatic heterocycles. The highest BCUT2D eigenvalue weighted by molar-refractivity contribution is 7.89. The zero-order valence-corrected chi connectivity index (χ0v) is 10.0. The summed E-state index contributed by atoms with van der Waals surface area (Å²) >= 11 is 11.1. The van der Waals surface area contributed by atoms with Gasteiger partial charge >= 0.3 is 0 Å². The standard InChI is InChI=1S/C9H9Cl2NO2S/c1-7(10)6-12-15(13,14)9-4-2-8(11)3-5-9/h2-5,12H,1,6H2. The lowest BCUT2D eigenvalue weighted by molar-refractivity contribution is 0.585. The number of hydrogen-bond donors (Lipinski definition) is 1. The Morgan fingerprint density at radius 2 is 1.87 bits per heavy atom. The first-order chi connectivity index (χ1) is 6.92. The Bertz CT molecular complexity index is 454. The van der Waals surface area contributed by atoms with E-state index in [0.717, 1.165) is 0 Å². The molecule has 0 saturated carbocycles. The molecular formula is C9H9Cl2NO2S. The number of benzene rings is 1. The second-order valence-electron chi connectivity index (χ2n) is 2.80. The summed E-state index contributed by atoms with van der Waals surface area (Å²) in [7, 11) is -3.53. The minimum atomic E-state index is -3.53. The van der Waals surface area contributed by atoms with Crippen LogP contribution in [0.3, 0.4) is 0 Å². The van der Waals surface area contributed by atoms with Gasteiger partial charge in [-0.1, -0.05) is 29.8 Å². The van der Waals surface area contributed by atoms with Crippen molar-refractivity contribution in [3.05, 3.63) is 40.9 Å². The summed E-state index contributed by atoms with van der Waals surface area (Å²) < 4.78 is 25.5. The van der Waals surface area contributed by atoms with Crippen molar-refractivity contribution in [3.8, 4) is 0 Å². The van der Waals surface area contributed by atoms with E-state index in [1.165, 1.54) is 24.3 Å². The van der Waals surface area contributed by atoms with Gasteiger partial charge < -0.3 is 0 Å². The van der Waals surface area contributed by atoms with E-state index in [9.17, 15) is 8.42 Å². The molecule has 0 aliphatic carbocycles. The van der Waals surface area contributed by atoms with E-state index in [1.54, 1.807) is 0 Å². The summed E-state index contributed by atoms with van der Waals surface area (Å²) in [6, 6.07) is 5.85. The highest BCUT2D eigenvalue weighted by atomic mass is 35.5. The maximum atomic E-state index is 11.6. The topological polar surface area (TPSA) is 46.2 Å². The molecule has 3 nitrogen and oxygen atoms in total. The van der Waals surface area contributed by atoms with Gasteiger partial charge in [-0.25, -0.2) is 13.1 Å². The maximum absolute atomic E-state index is 11.6. The molecule has 0 aliphatic heterocycles. The molecule has 0 amide bonds. The van der Waals surface area contributed by atoms with Gasteiger partial charge in [0.15, 0.2) is 0 Å². The predicted octanol–water partition coefficient (Wildman–Crippen LogP) is 2.37. The molecule has 1 N–H and O–H groups in total. The molecule has 1 aromatic rings. The summed E-state index contributed by atoms with van der Waals surface area (Å²) in [6.07, 6.45) is 0. The first-order valence-corrected chi connectivity index (χ1v) is 6.24. The summed E-state index contributed by atoms with van der Waals surface area (Å²) in [5.74, 6) is 0. The summed E-state index contributed by atoms with van der Waals surface area (Å²) in [6.45, 7) is 3.39. The molecule has 0 saturated heterocycles. The highest BCUT2D eigenvalue weighted by Gasteiger charge is 2.12. The molecule has 0 bridgehead atoms. The highest BCUT2D eigenvalue weighted by Crippen LogP contribution is 2.13. The van der Waals surface area contributed by atoms with Crippen LogP contribution in [0, 0.1) is 0 Å². The van der Waals surface area contributed by atoms with Crippen LogP contribution in [0.1, 0.15) is 0 Å². The van der Waals surface area contributed by atoms with Crippen LogP contribution in [-0.2, 0) is 10.0 Å². The van der Waals surface area contributed by atoms with E-state index >= 15 is 0 Å². The molecule has 0 heterocycles. The first kappa shape index (κ1) is 12.5. The average molecular weight is 266 g/mol. The van der Waals surface area contributed by atoms with Crippen molar-refractivity contribution < 1.29 is 8.42 Å². The lowest BCUT2D eigenvalue weighted by Crippen LogP contribution is -2.24. The predicted molar refractivity (Wildman–Crippen MR) is 61.6 cm³/mol. The van der Waals surface area contributed by atoms with Crippen molar-refractivity contribution in [1.82, 2.24) is 4.72 Å². The van der Waals surface area contributed by atoms with Crippen LogP contribution in [-0.4, -0.2) is 15.0 Å². The molecule has 0 spiro atoms. The molecule has 0 fully saturated rings. The molecule has 1 aromatic carbocycles. The molecule has 6 heteroatoms. The van der Waals surface area contributed by atoms with Gasteiger partial charge in [-0.15, -0.1) is 0 Å². The van der Waals surface area contributed by atoms with Crippen LogP contribution < -0.4 is 4.72 Å². The smallest absolute Gasteiger partial charge is 0.207 e. The molecule has 0 unspecified atom stereocenters. The molecule has 0 aliphatic rings. The van der Waals surface area contributed by atoms with Crippen LogP contribution in [0.25, 0.3) is 0 Å². The van der Waals surface area contributed by atoms with E-state index in [-0.39, 0.29) is 16.5 Å². The normalized spacial score (nSPS) is 11.3. The third-order valence-electron chi connectivity index (χ3n) is 1.58. The molecule has 82 valence electrons. The van der Waals surface area contributed by atoms with Gasteiger partial charge in [0.05, 0.1) is 4.90 Å². The van der Waals surface area contributed by atoms with Crippen LogP contribution >= 0.6 is 23.2 Å². The summed E-state index contributed by atoms with van der Waals surface area (Å²) in [5, 5.41) is 0.711. The Morgan fingerprint density at radius 1 is 1.33 bits per heavy atom. The van der Waals surface area contributed by atoms with Gasteiger partial charge in [0, 0.05) is 16.6 Å². The Balaban J connectivity index is 2.87. The minimum absolute atomic E-state index is 0.00646. The monoisotopic (exact) mass is 265 g/mol. The van der Waals surface area contributed by atoms with E-state index in [1.807, 2.05) is 0 Å². The van der Waals surface area contributed by atoms with Gasteiger partial charge in [0.2, 0.25) is 10.0 Å². The van der Waals surface area contributed by atoms with Gasteiger partial charge in [0.25, 0.3) is 0 Å². The van der Waals surface area contributed by atoms with Crippen LogP contribution in [0.4, 0.5) is 0 Å². The van der Waals surface area contributed by atoms with Crippen molar-refractivity contribution in [2.75, 3.05) is 6.54 Å². The number of sulfonamides is 1. The second-order valence-corrected chi connectivity index (χ2v) is 5.53. The Kier molecular flexibility index (Phi) is 4.16. The Morgan fingerprint density at radius 3 is 2.33 bits per heavy atom. The SMILES string of the molecule is C=C(Cl)CNS(=O)(=O)c1ccc(Cl)cc1. The zero-order valence-electron chi connectivity index (χ0n) is 7.70. The average Bonchev–Trinajstić information content (AvgIpc) is 2.16. The second kappa shape index (κ2) is 4.99. The number of halogens is 2. The Hall–Kier alpha value is -0.550. The van der Waals surface area contributed by atoms with E-state index in [4.69, 9.17) is 23.2 Å². The van der Waals surface area contributed by atoms with Crippen molar-refractivity contribution in [1.29, 1.82) is 0 Å². The zero-order chi connectivity index (χ0) is 11.5. The molecule has 0 atom stereocenters. The summed E-state index contributed by atoms with van der Waals surface area (Å²) in [5.41, 5.74) is 0. The molecule has 1 rings (SSSR count). The molecule has 15 heavy (non-hydrogen) atoms. The number of rotatable bonds is 4. The van der Waals surface area contributed by atoms with Gasteiger partial charge in [-0.3, -0.25) is 0 Å². The molecular weight excluding hydrogens is 257 g/mol. The number of nitrogens with one attached hydrogen (secondary N) is 1. The fourth-order valence-corrected chi connectivity index (χ4v) is 2.17. The van der Waals surface area contributed by atoms with E-state index < -0.39 is 10.0 Å². The lowest BCUT2D eigenvalue weighted by atomic mass is 10.4. The third kappa shape index (κ3) is 3.83. The maximum Gasteiger partial charge on any atom is 0.240 e. The number of hydrogen-bond acceptors (Lipinski definition) is 2. The van der Waals surface area contributed by atoms with Crippen molar-refractivity contribution in [3.63, 3.8) is 0 Å². The fourth-order valence-electron chi connectivity index (χ4n) is 0.870.